The minimum atomic E-state index is -0.722. The quantitative estimate of drug-likeness (QED) is 0.181. The normalized spacial score (nSPS) is 16.7. The monoisotopic (exact) mass is 501 g/mol. The highest BCUT2D eigenvalue weighted by atomic mass is 16.5. The molecule has 7 heteroatoms. The Labute approximate surface area is 216 Å². The number of aliphatic hydroxyl groups excluding tert-OH is 1. The standard InChI is InChI=1S/C30H31NO6/c1-20-6-4-7-21(18-20)19-37-25-14-10-23(11-15-25)28(32)26-27(22-8-12-24(36-3)13-9-22)31(16-5-17-35-2)30(34)29(26)33/h4,6-15,18,27,32H,5,16-17,19H2,1-3H3/b28-26-. The van der Waals surface area contributed by atoms with Crippen molar-refractivity contribution in [3.63, 3.8) is 0 Å². The molecule has 1 heterocycles. The fraction of sp³-hybridized carbons (Fsp3) is 0.267. The molecule has 1 saturated heterocycles. The average Bonchev–Trinajstić information content (AvgIpc) is 3.17. The van der Waals surface area contributed by atoms with E-state index >= 15 is 0 Å². The van der Waals surface area contributed by atoms with Gasteiger partial charge in [-0.2, -0.15) is 0 Å². The summed E-state index contributed by atoms with van der Waals surface area (Å²) in [5.41, 5.74) is 3.40. The molecular formula is C30H31NO6. The Morgan fingerprint density at radius 1 is 0.946 bits per heavy atom. The van der Waals surface area contributed by atoms with Crippen molar-refractivity contribution in [3.05, 3.63) is 101 Å². The first-order valence-corrected chi connectivity index (χ1v) is 12.1. The predicted octanol–water partition coefficient (Wildman–Crippen LogP) is 5.04. The zero-order chi connectivity index (χ0) is 26.4. The second-order valence-electron chi connectivity index (χ2n) is 8.91. The van der Waals surface area contributed by atoms with Gasteiger partial charge in [-0.05, 0) is 60.9 Å². The van der Waals surface area contributed by atoms with Crippen LogP contribution in [0.2, 0.25) is 0 Å². The van der Waals surface area contributed by atoms with Crippen LogP contribution in [0.25, 0.3) is 5.76 Å². The number of likely N-dealkylation sites (tertiary alicyclic amines) is 1. The van der Waals surface area contributed by atoms with E-state index in [-0.39, 0.29) is 11.3 Å². The maximum atomic E-state index is 13.1. The van der Waals surface area contributed by atoms with E-state index in [0.29, 0.717) is 48.8 Å². The predicted molar refractivity (Wildman–Crippen MR) is 140 cm³/mol. The highest BCUT2D eigenvalue weighted by Gasteiger charge is 2.45. The number of hydrogen-bond donors (Lipinski definition) is 1. The van der Waals surface area contributed by atoms with Crippen molar-refractivity contribution in [2.75, 3.05) is 27.4 Å². The van der Waals surface area contributed by atoms with Gasteiger partial charge in [0.05, 0.1) is 18.7 Å². The Morgan fingerprint density at radius 2 is 1.65 bits per heavy atom. The summed E-state index contributed by atoms with van der Waals surface area (Å²) >= 11 is 0. The van der Waals surface area contributed by atoms with Crippen molar-refractivity contribution in [2.24, 2.45) is 0 Å². The highest BCUT2D eigenvalue weighted by Crippen LogP contribution is 2.40. The molecular weight excluding hydrogens is 470 g/mol. The third-order valence-corrected chi connectivity index (χ3v) is 6.33. The van der Waals surface area contributed by atoms with E-state index in [1.807, 2.05) is 25.1 Å². The van der Waals surface area contributed by atoms with Gasteiger partial charge in [0, 0.05) is 25.8 Å². The van der Waals surface area contributed by atoms with Gasteiger partial charge < -0.3 is 24.2 Å². The van der Waals surface area contributed by atoms with E-state index in [1.165, 1.54) is 4.90 Å². The summed E-state index contributed by atoms with van der Waals surface area (Å²) in [6.07, 6.45) is 0.559. The molecule has 0 spiro atoms. The second-order valence-corrected chi connectivity index (χ2v) is 8.91. The lowest BCUT2D eigenvalue weighted by atomic mass is 9.95. The van der Waals surface area contributed by atoms with E-state index in [9.17, 15) is 14.7 Å². The Bertz CT molecular complexity index is 1280. The van der Waals surface area contributed by atoms with Crippen molar-refractivity contribution in [1.82, 2.24) is 4.90 Å². The molecule has 37 heavy (non-hydrogen) atoms. The lowest BCUT2D eigenvalue weighted by molar-refractivity contribution is -0.140. The molecule has 4 rings (SSSR count). The Hall–Kier alpha value is -4.10. The number of carbonyl (C=O) groups excluding carboxylic acids is 2. The van der Waals surface area contributed by atoms with Crippen molar-refractivity contribution in [2.45, 2.75) is 26.0 Å². The molecule has 0 aromatic heterocycles. The largest absolute Gasteiger partial charge is 0.507 e. The van der Waals surface area contributed by atoms with Gasteiger partial charge in [-0.15, -0.1) is 0 Å². The van der Waals surface area contributed by atoms with Gasteiger partial charge in [0.1, 0.15) is 23.9 Å². The number of Topliss-reactive ketones (excluding diaryl/α,β-unsaturated/α-hetero) is 1. The van der Waals surface area contributed by atoms with Gasteiger partial charge in [-0.3, -0.25) is 9.59 Å². The van der Waals surface area contributed by atoms with Crippen LogP contribution in [0.5, 0.6) is 11.5 Å². The number of carbonyl (C=O) groups is 2. The SMILES string of the molecule is COCCCN1C(=O)C(=O)/C(=C(\O)c2ccc(OCc3cccc(C)c3)cc2)C1c1ccc(OC)cc1. The molecule has 0 saturated carbocycles. The number of nitrogens with zero attached hydrogens (tertiary/aromatic N) is 1. The molecule has 1 N–H and O–H groups in total. The number of ketones is 1. The molecule has 0 aliphatic carbocycles. The number of amides is 1. The first kappa shape index (κ1) is 26.0. The molecule has 1 amide bonds. The lowest BCUT2D eigenvalue weighted by Gasteiger charge is -2.25. The molecule has 1 aliphatic rings. The van der Waals surface area contributed by atoms with Crippen LogP contribution < -0.4 is 9.47 Å². The van der Waals surface area contributed by atoms with Crippen LogP contribution >= 0.6 is 0 Å². The molecule has 192 valence electrons. The molecule has 1 unspecified atom stereocenters. The fourth-order valence-corrected chi connectivity index (χ4v) is 4.46. The molecule has 1 fully saturated rings. The minimum absolute atomic E-state index is 0.0565. The smallest absolute Gasteiger partial charge is 0.295 e. The Kier molecular flexibility index (Phi) is 8.25. The van der Waals surface area contributed by atoms with E-state index < -0.39 is 17.7 Å². The first-order valence-electron chi connectivity index (χ1n) is 12.1. The van der Waals surface area contributed by atoms with Gasteiger partial charge in [0.2, 0.25) is 0 Å². The van der Waals surface area contributed by atoms with Crippen LogP contribution in [0.1, 0.15) is 34.7 Å². The number of hydrogen-bond acceptors (Lipinski definition) is 6. The molecule has 0 radical (unpaired) electrons. The zero-order valence-corrected chi connectivity index (χ0v) is 21.3. The van der Waals surface area contributed by atoms with E-state index in [2.05, 4.69) is 6.07 Å². The summed E-state index contributed by atoms with van der Waals surface area (Å²) in [5.74, 6) is -0.295. The van der Waals surface area contributed by atoms with Crippen molar-refractivity contribution >= 4 is 17.4 Å². The van der Waals surface area contributed by atoms with Crippen molar-refractivity contribution in [3.8, 4) is 11.5 Å². The number of rotatable bonds is 10. The Balaban J connectivity index is 1.63. The van der Waals surface area contributed by atoms with Crippen LogP contribution in [0, 0.1) is 6.92 Å². The van der Waals surface area contributed by atoms with Gasteiger partial charge in [-0.1, -0.05) is 42.0 Å². The molecule has 3 aromatic carbocycles. The van der Waals surface area contributed by atoms with Crippen molar-refractivity contribution in [1.29, 1.82) is 0 Å². The Morgan fingerprint density at radius 3 is 2.30 bits per heavy atom. The first-order chi connectivity index (χ1) is 17.9. The van der Waals surface area contributed by atoms with Crippen LogP contribution in [0.3, 0.4) is 0 Å². The summed E-state index contributed by atoms with van der Waals surface area (Å²) in [6.45, 7) is 3.21. The van der Waals surface area contributed by atoms with Gasteiger partial charge in [0.15, 0.2) is 0 Å². The third-order valence-electron chi connectivity index (χ3n) is 6.33. The van der Waals surface area contributed by atoms with Crippen molar-refractivity contribution < 1.29 is 28.9 Å². The maximum absolute atomic E-state index is 13.1. The van der Waals surface area contributed by atoms with Gasteiger partial charge >= 0.3 is 0 Å². The summed E-state index contributed by atoms with van der Waals surface area (Å²) < 4.78 is 16.3. The van der Waals surface area contributed by atoms with E-state index in [0.717, 1.165) is 11.1 Å². The van der Waals surface area contributed by atoms with Crippen LogP contribution in [-0.4, -0.2) is 49.1 Å². The molecule has 3 aromatic rings. The van der Waals surface area contributed by atoms with Gasteiger partial charge in [-0.25, -0.2) is 0 Å². The number of aliphatic hydroxyl groups is 1. The summed E-state index contributed by atoms with van der Waals surface area (Å²) in [5, 5.41) is 11.2. The molecule has 1 aliphatic heterocycles. The third kappa shape index (κ3) is 5.84. The zero-order valence-electron chi connectivity index (χ0n) is 21.3. The summed E-state index contributed by atoms with van der Waals surface area (Å²) in [4.78, 5) is 27.6. The van der Waals surface area contributed by atoms with Gasteiger partial charge in [0.25, 0.3) is 11.7 Å². The molecule has 0 bridgehead atoms. The summed E-state index contributed by atoms with van der Waals surface area (Å²) in [6, 6.07) is 21.3. The average molecular weight is 502 g/mol. The molecule has 7 nitrogen and oxygen atoms in total. The van der Waals surface area contributed by atoms with Crippen LogP contribution in [0.15, 0.2) is 78.4 Å². The molecule has 1 atom stereocenters. The lowest BCUT2D eigenvalue weighted by Crippen LogP contribution is -2.31. The number of methoxy groups -OCH3 is 2. The fourth-order valence-electron chi connectivity index (χ4n) is 4.46. The summed E-state index contributed by atoms with van der Waals surface area (Å²) in [7, 11) is 3.16. The van der Waals surface area contributed by atoms with Crippen LogP contribution in [-0.2, 0) is 20.9 Å². The topological polar surface area (TPSA) is 85.3 Å². The maximum Gasteiger partial charge on any atom is 0.295 e. The second kappa shape index (κ2) is 11.8. The number of ether oxygens (including phenoxy) is 3. The minimum Gasteiger partial charge on any atom is -0.507 e. The number of benzene rings is 3. The van der Waals surface area contributed by atoms with E-state index in [1.54, 1.807) is 62.8 Å². The highest BCUT2D eigenvalue weighted by molar-refractivity contribution is 6.46. The van der Waals surface area contributed by atoms with Crippen LogP contribution in [0.4, 0.5) is 0 Å². The van der Waals surface area contributed by atoms with E-state index in [4.69, 9.17) is 14.2 Å². The number of aryl methyl sites for hydroxylation is 1.